The van der Waals surface area contributed by atoms with E-state index in [1.807, 2.05) is 0 Å². The number of ketones is 1. The molecule has 0 heterocycles. The van der Waals surface area contributed by atoms with Gasteiger partial charge in [-0.25, -0.2) is 8.78 Å². The molecule has 0 unspecified atom stereocenters. The first-order chi connectivity index (χ1) is 9.83. The highest BCUT2D eigenvalue weighted by atomic mass is 35.5. The van der Waals surface area contributed by atoms with Crippen molar-refractivity contribution in [1.29, 1.82) is 0 Å². The summed E-state index contributed by atoms with van der Waals surface area (Å²) in [5.74, 6) is -3.65. The van der Waals surface area contributed by atoms with Gasteiger partial charge in [-0.1, -0.05) is 24.4 Å². The fourth-order valence-electron chi connectivity index (χ4n) is 3.03. The van der Waals surface area contributed by atoms with Crippen molar-refractivity contribution in [3.8, 4) is 0 Å². The normalized spacial score (nSPS) is 16.9. The molecule has 0 bridgehead atoms. The Balaban J connectivity index is 2.24. The SMILES string of the molecule is O=C(O)CC1(CC(=O)c2cc(F)c(F)cc2Cl)CCCC1. The summed E-state index contributed by atoms with van der Waals surface area (Å²) in [5.41, 5.74) is -0.691. The maximum atomic E-state index is 13.3. The van der Waals surface area contributed by atoms with E-state index in [1.54, 1.807) is 0 Å². The van der Waals surface area contributed by atoms with E-state index in [0.717, 1.165) is 25.0 Å². The summed E-state index contributed by atoms with van der Waals surface area (Å²) in [6, 6.07) is 1.55. The number of carboxylic acid groups (broad SMARTS) is 1. The molecule has 0 aliphatic heterocycles. The number of benzene rings is 1. The zero-order valence-corrected chi connectivity index (χ0v) is 12.1. The molecule has 1 aliphatic rings. The minimum Gasteiger partial charge on any atom is -0.481 e. The van der Waals surface area contributed by atoms with Gasteiger partial charge in [-0.3, -0.25) is 9.59 Å². The largest absolute Gasteiger partial charge is 0.481 e. The Kier molecular flexibility index (Phi) is 4.61. The Hall–Kier alpha value is -1.49. The Labute approximate surface area is 125 Å². The van der Waals surface area contributed by atoms with Gasteiger partial charge in [0.15, 0.2) is 17.4 Å². The number of rotatable bonds is 5. The van der Waals surface area contributed by atoms with E-state index in [-0.39, 0.29) is 23.4 Å². The number of carbonyl (C=O) groups excluding carboxylic acids is 1. The second kappa shape index (κ2) is 6.10. The molecule has 3 nitrogen and oxygen atoms in total. The van der Waals surface area contributed by atoms with Gasteiger partial charge < -0.3 is 5.11 Å². The van der Waals surface area contributed by atoms with Crippen LogP contribution in [0.25, 0.3) is 0 Å². The van der Waals surface area contributed by atoms with Crippen LogP contribution in [0.5, 0.6) is 0 Å². The van der Waals surface area contributed by atoms with Crippen LogP contribution in [0.2, 0.25) is 5.02 Å². The molecule has 0 radical (unpaired) electrons. The van der Waals surface area contributed by atoms with Crippen LogP contribution in [-0.4, -0.2) is 16.9 Å². The lowest BCUT2D eigenvalue weighted by Crippen LogP contribution is -2.25. The molecule has 0 aromatic heterocycles. The Bertz CT molecular complexity index is 581. The zero-order valence-electron chi connectivity index (χ0n) is 11.3. The van der Waals surface area contributed by atoms with Gasteiger partial charge in [-0.2, -0.15) is 0 Å². The average Bonchev–Trinajstić information content (AvgIpc) is 2.80. The summed E-state index contributed by atoms with van der Waals surface area (Å²) in [6.07, 6.45) is 2.92. The zero-order chi connectivity index (χ0) is 15.6. The third-order valence-corrected chi connectivity index (χ3v) is 4.35. The van der Waals surface area contributed by atoms with Crippen molar-refractivity contribution in [3.05, 3.63) is 34.4 Å². The molecule has 114 valence electrons. The lowest BCUT2D eigenvalue weighted by Gasteiger charge is -2.26. The number of carbonyl (C=O) groups is 2. The first-order valence-corrected chi connectivity index (χ1v) is 7.10. The Morgan fingerprint density at radius 2 is 1.71 bits per heavy atom. The molecule has 0 saturated heterocycles. The highest BCUT2D eigenvalue weighted by Crippen LogP contribution is 2.45. The highest BCUT2D eigenvalue weighted by Gasteiger charge is 2.38. The van der Waals surface area contributed by atoms with Crippen LogP contribution < -0.4 is 0 Å². The summed E-state index contributed by atoms with van der Waals surface area (Å²) < 4.78 is 26.3. The topological polar surface area (TPSA) is 54.4 Å². The smallest absolute Gasteiger partial charge is 0.303 e. The predicted octanol–water partition coefficient (Wildman–Crippen LogP) is 4.23. The lowest BCUT2D eigenvalue weighted by molar-refractivity contribution is -0.139. The van der Waals surface area contributed by atoms with Crippen LogP contribution in [0, 0.1) is 17.0 Å². The first-order valence-electron chi connectivity index (χ1n) is 6.72. The minimum absolute atomic E-state index is 0.00983. The van der Waals surface area contributed by atoms with E-state index >= 15 is 0 Å². The molecule has 0 amide bonds. The van der Waals surface area contributed by atoms with Crippen molar-refractivity contribution in [2.75, 3.05) is 0 Å². The van der Waals surface area contributed by atoms with Gasteiger partial charge in [0.25, 0.3) is 0 Å². The fourth-order valence-corrected chi connectivity index (χ4v) is 3.29. The average molecular weight is 317 g/mol. The molecule has 1 N–H and O–H groups in total. The molecule has 2 rings (SSSR count). The van der Waals surface area contributed by atoms with E-state index in [0.29, 0.717) is 12.8 Å². The van der Waals surface area contributed by atoms with E-state index < -0.39 is 28.8 Å². The summed E-state index contributed by atoms with van der Waals surface area (Å²) in [6.45, 7) is 0. The van der Waals surface area contributed by atoms with E-state index in [1.165, 1.54) is 0 Å². The molecule has 21 heavy (non-hydrogen) atoms. The Morgan fingerprint density at radius 1 is 1.14 bits per heavy atom. The molecule has 1 aliphatic carbocycles. The van der Waals surface area contributed by atoms with Crippen LogP contribution in [0.4, 0.5) is 8.78 Å². The maximum absolute atomic E-state index is 13.3. The molecule has 0 spiro atoms. The van der Waals surface area contributed by atoms with Crippen molar-refractivity contribution in [1.82, 2.24) is 0 Å². The van der Waals surface area contributed by atoms with Crippen LogP contribution in [-0.2, 0) is 4.79 Å². The second-order valence-electron chi connectivity index (χ2n) is 5.62. The predicted molar refractivity (Wildman–Crippen MR) is 73.5 cm³/mol. The number of carboxylic acids is 1. The summed E-state index contributed by atoms with van der Waals surface area (Å²) in [7, 11) is 0. The standard InChI is InChI=1S/C15H15ClF2O3/c16-10-6-12(18)11(17)5-9(10)13(19)7-15(8-14(20)21)3-1-2-4-15/h5-6H,1-4,7-8H2,(H,20,21). The number of aliphatic carboxylic acids is 1. The number of Topliss-reactive ketones (excluding diaryl/α,β-unsaturated/α-hetero) is 1. The van der Waals surface area contributed by atoms with Gasteiger partial charge in [0, 0.05) is 12.0 Å². The molecule has 6 heteroatoms. The van der Waals surface area contributed by atoms with Crippen LogP contribution in [0.15, 0.2) is 12.1 Å². The van der Waals surface area contributed by atoms with Crippen molar-refractivity contribution in [3.63, 3.8) is 0 Å². The van der Waals surface area contributed by atoms with E-state index in [2.05, 4.69) is 0 Å². The van der Waals surface area contributed by atoms with Crippen LogP contribution in [0.3, 0.4) is 0 Å². The molecular weight excluding hydrogens is 302 g/mol. The molecule has 0 atom stereocenters. The quantitative estimate of drug-likeness (QED) is 0.653. The molecule has 1 aromatic rings. The minimum atomic E-state index is -1.14. The fraction of sp³-hybridized carbons (Fsp3) is 0.467. The van der Waals surface area contributed by atoms with Crippen LogP contribution >= 0.6 is 11.6 Å². The van der Waals surface area contributed by atoms with Gasteiger partial charge in [-0.15, -0.1) is 0 Å². The third-order valence-electron chi connectivity index (χ3n) is 4.04. The maximum Gasteiger partial charge on any atom is 0.303 e. The van der Waals surface area contributed by atoms with Crippen molar-refractivity contribution >= 4 is 23.4 Å². The summed E-state index contributed by atoms with van der Waals surface area (Å²) in [5, 5.41) is 8.86. The molecule has 1 fully saturated rings. The van der Waals surface area contributed by atoms with Gasteiger partial charge in [0.1, 0.15) is 0 Å². The monoisotopic (exact) mass is 316 g/mol. The third kappa shape index (κ3) is 3.59. The van der Waals surface area contributed by atoms with Gasteiger partial charge in [-0.05, 0) is 30.4 Å². The highest BCUT2D eigenvalue weighted by molar-refractivity contribution is 6.34. The molecular formula is C15H15ClF2O3. The number of hydrogen-bond acceptors (Lipinski definition) is 2. The lowest BCUT2D eigenvalue weighted by atomic mass is 9.77. The van der Waals surface area contributed by atoms with Crippen molar-refractivity contribution < 1.29 is 23.5 Å². The second-order valence-corrected chi connectivity index (χ2v) is 6.03. The number of hydrogen-bond donors (Lipinski definition) is 1. The first kappa shape index (κ1) is 15.9. The Morgan fingerprint density at radius 3 is 2.29 bits per heavy atom. The van der Waals surface area contributed by atoms with Gasteiger partial charge >= 0.3 is 5.97 Å². The number of halogens is 3. The molecule has 1 saturated carbocycles. The molecule has 1 aromatic carbocycles. The summed E-state index contributed by atoms with van der Waals surface area (Å²) >= 11 is 5.79. The summed E-state index contributed by atoms with van der Waals surface area (Å²) in [4.78, 5) is 23.3. The van der Waals surface area contributed by atoms with E-state index in [4.69, 9.17) is 16.7 Å². The van der Waals surface area contributed by atoms with Crippen molar-refractivity contribution in [2.45, 2.75) is 38.5 Å². The van der Waals surface area contributed by atoms with Gasteiger partial charge in [0.2, 0.25) is 0 Å². The van der Waals surface area contributed by atoms with E-state index in [9.17, 15) is 18.4 Å². The van der Waals surface area contributed by atoms with Crippen molar-refractivity contribution in [2.24, 2.45) is 5.41 Å². The van der Waals surface area contributed by atoms with Gasteiger partial charge in [0.05, 0.1) is 11.4 Å². The van der Waals surface area contributed by atoms with Crippen LogP contribution in [0.1, 0.15) is 48.9 Å².